The number of amides is 1. The molecule has 2 aromatic heterocycles. The number of hydrogen-bond donors (Lipinski definition) is 0. The van der Waals surface area contributed by atoms with Crippen molar-refractivity contribution >= 4 is 5.91 Å². The van der Waals surface area contributed by atoms with E-state index in [2.05, 4.69) is 15.0 Å². The van der Waals surface area contributed by atoms with Crippen LogP contribution in [0.15, 0.2) is 24.9 Å². The first-order valence-electron chi connectivity index (χ1n) is 6.72. The normalized spacial score (nSPS) is 18.5. The lowest BCUT2D eigenvalue weighted by Gasteiger charge is -2.23. The molecule has 0 radical (unpaired) electrons. The Morgan fingerprint density at radius 1 is 1.40 bits per heavy atom. The van der Waals surface area contributed by atoms with Crippen LogP contribution >= 0.6 is 0 Å². The number of rotatable bonds is 2. The standard InChI is InChI=1S/C14H17N5O/c1-10-6-15-7-11(17-10)13-4-3-5-19(13)14(20)12-8-18(2)9-16-12/h6-9,13H,3-5H2,1-2H3. The number of aromatic nitrogens is 4. The minimum atomic E-state index is -0.0311. The fourth-order valence-electron chi connectivity index (χ4n) is 2.63. The van der Waals surface area contributed by atoms with E-state index < -0.39 is 0 Å². The minimum absolute atomic E-state index is 0.0110. The van der Waals surface area contributed by atoms with Crippen LogP contribution in [0.3, 0.4) is 0 Å². The van der Waals surface area contributed by atoms with Gasteiger partial charge in [-0.05, 0) is 19.8 Å². The first kappa shape index (κ1) is 12.8. The van der Waals surface area contributed by atoms with Gasteiger partial charge in [-0.25, -0.2) is 4.98 Å². The highest BCUT2D eigenvalue weighted by Crippen LogP contribution is 2.31. The minimum Gasteiger partial charge on any atom is -0.340 e. The van der Waals surface area contributed by atoms with Gasteiger partial charge in [0, 0.05) is 26.0 Å². The highest BCUT2D eigenvalue weighted by atomic mass is 16.2. The molecule has 0 spiro atoms. The van der Waals surface area contributed by atoms with E-state index in [1.54, 1.807) is 29.5 Å². The van der Waals surface area contributed by atoms with Crippen molar-refractivity contribution in [3.63, 3.8) is 0 Å². The average molecular weight is 271 g/mol. The Morgan fingerprint density at radius 3 is 2.95 bits per heavy atom. The molecule has 1 fully saturated rings. The van der Waals surface area contributed by atoms with Crippen LogP contribution in [0, 0.1) is 6.92 Å². The summed E-state index contributed by atoms with van der Waals surface area (Å²) >= 11 is 0. The van der Waals surface area contributed by atoms with Gasteiger partial charge in [0.1, 0.15) is 5.69 Å². The fourth-order valence-corrected chi connectivity index (χ4v) is 2.63. The van der Waals surface area contributed by atoms with Crippen LogP contribution < -0.4 is 0 Å². The molecule has 3 heterocycles. The van der Waals surface area contributed by atoms with Crippen LogP contribution in [0.2, 0.25) is 0 Å². The highest BCUT2D eigenvalue weighted by Gasteiger charge is 2.32. The number of nitrogens with zero attached hydrogens (tertiary/aromatic N) is 5. The first-order chi connectivity index (χ1) is 9.65. The lowest BCUT2D eigenvalue weighted by molar-refractivity contribution is 0.0727. The Hall–Kier alpha value is -2.24. The van der Waals surface area contributed by atoms with E-state index in [1.165, 1.54) is 0 Å². The number of aryl methyl sites for hydroxylation is 2. The quantitative estimate of drug-likeness (QED) is 0.830. The molecule has 0 aliphatic carbocycles. The maximum absolute atomic E-state index is 12.5. The molecule has 0 aromatic carbocycles. The molecule has 3 rings (SSSR count). The predicted octanol–water partition coefficient (Wildman–Crippen LogP) is 1.50. The summed E-state index contributed by atoms with van der Waals surface area (Å²) in [5, 5.41) is 0. The van der Waals surface area contributed by atoms with Gasteiger partial charge in [-0.1, -0.05) is 0 Å². The summed E-state index contributed by atoms with van der Waals surface area (Å²) in [5.41, 5.74) is 2.23. The molecule has 0 saturated carbocycles. The van der Waals surface area contributed by atoms with Crippen molar-refractivity contribution in [2.45, 2.75) is 25.8 Å². The third-order valence-corrected chi connectivity index (χ3v) is 3.55. The Morgan fingerprint density at radius 2 is 2.25 bits per heavy atom. The maximum atomic E-state index is 12.5. The van der Waals surface area contributed by atoms with Gasteiger partial charge in [0.2, 0.25) is 0 Å². The average Bonchev–Trinajstić information content (AvgIpc) is 3.06. The van der Waals surface area contributed by atoms with Gasteiger partial charge in [-0.2, -0.15) is 0 Å². The second kappa shape index (κ2) is 5.03. The van der Waals surface area contributed by atoms with E-state index >= 15 is 0 Å². The van der Waals surface area contributed by atoms with Crippen molar-refractivity contribution in [2.24, 2.45) is 7.05 Å². The van der Waals surface area contributed by atoms with Crippen molar-refractivity contribution in [2.75, 3.05) is 6.54 Å². The summed E-state index contributed by atoms with van der Waals surface area (Å²) in [7, 11) is 1.86. The zero-order chi connectivity index (χ0) is 14.1. The monoisotopic (exact) mass is 271 g/mol. The van der Waals surface area contributed by atoms with Crippen LogP contribution in [-0.4, -0.2) is 36.9 Å². The molecular formula is C14H17N5O. The molecular weight excluding hydrogens is 254 g/mol. The largest absolute Gasteiger partial charge is 0.340 e. The zero-order valence-electron chi connectivity index (χ0n) is 11.7. The molecule has 0 N–H and O–H groups in total. The van der Waals surface area contributed by atoms with Gasteiger partial charge in [0.25, 0.3) is 5.91 Å². The fraction of sp³-hybridized carbons (Fsp3) is 0.429. The molecule has 1 unspecified atom stereocenters. The molecule has 6 nitrogen and oxygen atoms in total. The number of hydrogen-bond acceptors (Lipinski definition) is 4. The van der Waals surface area contributed by atoms with Gasteiger partial charge in [0.05, 0.1) is 30.0 Å². The highest BCUT2D eigenvalue weighted by molar-refractivity contribution is 5.92. The maximum Gasteiger partial charge on any atom is 0.274 e. The van der Waals surface area contributed by atoms with Gasteiger partial charge in [0.15, 0.2) is 0 Å². The lowest BCUT2D eigenvalue weighted by Crippen LogP contribution is -2.31. The van der Waals surface area contributed by atoms with Crippen molar-refractivity contribution < 1.29 is 4.79 Å². The van der Waals surface area contributed by atoms with Gasteiger partial charge >= 0.3 is 0 Å². The molecule has 1 aliphatic heterocycles. The van der Waals surface area contributed by atoms with Crippen molar-refractivity contribution in [3.8, 4) is 0 Å². The van der Waals surface area contributed by atoms with Crippen LogP contribution in [0.5, 0.6) is 0 Å². The Bertz CT molecular complexity index is 636. The van der Waals surface area contributed by atoms with E-state index in [1.807, 2.05) is 18.9 Å². The first-order valence-corrected chi connectivity index (χ1v) is 6.72. The van der Waals surface area contributed by atoms with Gasteiger partial charge < -0.3 is 9.47 Å². The third-order valence-electron chi connectivity index (χ3n) is 3.55. The second-order valence-electron chi connectivity index (χ2n) is 5.17. The van der Waals surface area contributed by atoms with Gasteiger partial charge in [-0.3, -0.25) is 14.8 Å². The topological polar surface area (TPSA) is 63.9 Å². The second-order valence-corrected chi connectivity index (χ2v) is 5.17. The van der Waals surface area contributed by atoms with Crippen LogP contribution in [-0.2, 0) is 7.05 Å². The van der Waals surface area contributed by atoms with Crippen molar-refractivity contribution in [1.29, 1.82) is 0 Å². The van der Waals surface area contributed by atoms with Crippen molar-refractivity contribution in [1.82, 2.24) is 24.4 Å². The summed E-state index contributed by atoms with van der Waals surface area (Å²) < 4.78 is 1.78. The number of carbonyl (C=O) groups excluding carboxylic acids is 1. The molecule has 2 aromatic rings. The number of likely N-dealkylation sites (tertiary alicyclic amines) is 1. The van der Waals surface area contributed by atoms with Gasteiger partial charge in [-0.15, -0.1) is 0 Å². The number of carbonyl (C=O) groups is 1. The molecule has 6 heteroatoms. The Kier molecular flexibility index (Phi) is 3.22. The summed E-state index contributed by atoms with van der Waals surface area (Å²) in [6, 6.07) is 0.0110. The Labute approximate surface area is 117 Å². The summed E-state index contributed by atoms with van der Waals surface area (Å²) in [6.45, 7) is 2.66. The van der Waals surface area contributed by atoms with Crippen LogP contribution in [0.1, 0.15) is 40.8 Å². The van der Waals surface area contributed by atoms with E-state index in [9.17, 15) is 4.79 Å². The van der Waals surface area contributed by atoms with E-state index in [4.69, 9.17) is 0 Å². The molecule has 1 aliphatic rings. The van der Waals surface area contributed by atoms with Crippen LogP contribution in [0.25, 0.3) is 0 Å². The van der Waals surface area contributed by atoms with Crippen LogP contribution in [0.4, 0.5) is 0 Å². The third kappa shape index (κ3) is 2.29. The lowest BCUT2D eigenvalue weighted by atomic mass is 10.1. The summed E-state index contributed by atoms with van der Waals surface area (Å²) in [5.74, 6) is -0.0311. The molecule has 1 saturated heterocycles. The molecule has 104 valence electrons. The molecule has 20 heavy (non-hydrogen) atoms. The van der Waals surface area contributed by atoms with Crippen molar-refractivity contribution in [3.05, 3.63) is 42.0 Å². The number of imidazole rings is 1. The van der Waals surface area contributed by atoms with E-state index in [-0.39, 0.29) is 11.9 Å². The molecule has 1 amide bonds. The smallest absolute Gasteiger partial charge is 0.274 e. The van der Waals surface area contributed by atoms with E-state index in [0.29, 0.717) is 5.69 Å². The van der Waals surface area contributed by atoms with E-state index in [0.717, 1.165) is 30.8 Å². The molecule has 1 atom stereocenters. The summed E-state index contributed by atoms with van der Waals surface area (Å²) in [4.78, 5) is 27.2. The predicted molar refractivity (Wildman–Crippen MR) is 73.0 cm³/mol. The SMILES string of the molecule is Cc1cncc(C2CCCN2C(=O)c2cn(C)cn2)n1. The Balaban J connectivity index is 1.87. The zero-order valence-corrected chi connectivity index (χ0v) is 11.7. The summed E-state index contributed by atoms with van der Waals surface area (Å²) in [6.07, 6.45) is 8.78. The molecule has 0 bridgehead atoms.